The maximum atomic E-state index is 5.28. The average molecular weight is 783 g/mol. The van der Waals surface area contributed by atoms with Gasteiger partial charge in [-0.15, -0.1) is 11.3 Å². The molecule has 0 bridgehead atoms. The van der Waals surface area contributed by atoms with Crippen molar-refractivity contribution in [3.8, 4) is 62.1 Å². The second-order valence-corrected chi connectivity index (χ2v) is 16.3. The van der Waals surface area contributed by atoms with Crippen molar-refractivity contribution in [3.05, 3.63) is 206 Å². The molecule has 60 heavy (non-hydrogen) atoms. The Morgan fingerprint density at radius 1 is 0.317 bits per heavy atom. The number of thiophene rings is 1. The molecule has 3 heterocycles. The molecule has 0 N–H and O–H groups in total. The smallest absolute Gasteiger partial charge is 0.164 e. The van der Waals surface area contributed by atoms with E-state index in [1.165, 1.54) is 47.3 Å². The molecule has 0 unspecified atom stereocenters. The summed E-state index contributed by atoms with van der Waals surface area (Å²) in [7, 11) is 0. The van der Waals surface area contributed by atoms with E-state index in [4.69, 9.17) is 15.0 Å². The van der Waals surface area contributed by atoms with Crippen LogP contribution in [0.1, 0.15) is 0 Å². The Kier molecular flexibility index (Phi) is 8.00. The maximum Gasteiger partial charge on any atom is 0.164 e. The molecule has 0 aliphatic carbocycles. The van der Waals surface area contributed by atoms with Crippen molar-refractivity contribution < 1.29 is 0 Å². The molecule has 0 spiro atoms. The van der Waals surface area contributed by atoms with Gasteiger partial charge < -0.3 is 4.57 Å². The zero-order valence-corrected chi connectivity index (χ0v) is 33.1. The van der Waals surface area contributed by atoms with Crippen molar-refractivity contribution in [2.75, 3.05) is 0 Å². The summed E-state index contributed by atoms with van der Waals surface area (Å²) in [5, 5.41) is 7.42. The van der Waals surface area contributed by atoms with Crippen LogP contribution in [0.3, 0.4) is 0 Å². The number of rotatable bonds is 6. The second kappa shape index (κ2) is 14.0. The molecular weight excluding hydrogens is 749 g/mol. The fraction of sp³-hybridized carbons (Fsp3) is 0. The fourth-order valence-electron chi connectivity index (χ4n) is 8.82. The van der Waals surface area contributed by atoms with Crippen LogP contribution in [-0.4, -0.2) is 19.5 Å². The number of aromatic nitrogens is 4. The van der Waals surface area contributed by atoms with Gasteiger partial charge in [0.25, 0.3) is 0 Å². The Labute approximate surface area is 350 Å². The predicted molar refractivity (Wildman–Crippen MR) is 252 cm³/mol. The van der Waals surface area contributed by atoms with Crippen molar-refractivity contribution >= 4 is 64.1 Å². The zero-order valence-electron chi connectivity index (χ0n) is 32.3. The van der Waals surface area contributed by atoms with Crippen molar-refractivity contribution in [2.24, 2.45) is 0 Å². The van der Waals surface area contributed by atoms with Crippen molar-refractivity contribution in [2.45, 2.75) is 0 Å². The van der Waals surface area contributed by atoms with Crippen LogP contribution in [-0.2, 0) is 0 Å². The van der Waals surface area contributed by atoms with Gasteiger partial charge in [0, 0.05) is 53.2 Å². The Morgan fingerprint density at radius 3 is 1.63 bits per heavy atom. The van der Waals surface area contributed by atoms with Crippen molar-refractivity contribution in [1.29, 1.82) is 0 Å². The molecule has 0 radical (unpaired) electrons. The average Bonchev–Trinajstić information content (AvgIpc) is 3.87. The summed E-state index contributed by atoms with van der Waals surface area (Å²) in [6, 6.07) is 73.4. The first kappa shape index (κ1) is 34.3. The van der Waals surface area contributed by atoms with Crippen LogP contribution in [0.25, 0.3) is 115 Å². The molecule has 12 aromatic rings. The van der Waals surface area contributed by atoms with Gasteiger partial charge in [-0.25, -0.2) is 15.0 Å². The number of nitrogens with zero attached hydrogens (tertiary/aromatic N) is 4. The van der Waals surface area contributed by atoms with Crippen LogP contribution in [0.5, 0.6) is 0 Å². The topological polar surface area (TPSA) is 43.6 Å². The van der Waals surface area contributed by atoms with Gasteiger partial charge in [-0.2, -0.15) is 0 Å². The van der Waals surface area contributed by atoms with Crippen molar-refractivity contribution in [1.82, 2.24) is 19.5 Å². The van der Waals surface area contributed by atoms with E-state index in [0.717, 1.165) is 50.1 Å². The lowest BCUT2D eigenvalue weighted by molar-refractivity contribution is 1.07. The first-order chi connectivity index (χ1) is 29.7. The minimum absolute atomic E-state index is 0.613. The summed E-state index contributed by atoms with van der Waals surface area (Å²) in [5.41, 5.74) is 10.7. The van der Waals surface area contributed by atoms with E-state index >= 15 is 0 Å². The monoisotopic (exact) mass is 782 g/mol. The molecule has 0 aliphatic heterocycles. The molecule has 3 aromatic heterocycles. The first-order valence-corrected chi connectivity index (χ1v) is 21.0. The Bertz CT molecular complexity index is 3560. The number of benzene rings is 9. The van der Waals surface area contributed by atoms with Gasteiger partial charge in [-0.05, 0) is 63.9 Å². The molecule has 0 aliphatic rings. The van der Waals surface area contributed by atoms with Crippen LogP contribution in [0, 0.1) is 0 Å². The quantitative estimate of drug-likeness (QED) is 0.169. The summed E-state index contributed by atoms with van der Waals surface area (Å²) in [5.74, 6) is 1.87. The highest BCUT2D eigenvalue weighted by Crippen LogP contribution is 2.41. The molecule has 12 rings (SSSR count). The predicted octanol–water partition coefficient (Wildman–Crippen LogP) is 14.8. The van der Waals surface area contributed by atoms with Crippen LogP contribution in [0.4, 0.5) is 0 Å². The minimum atomic E-state index is 0.613. The second-order valence-electron chi connectivity index (χ2n) is 15.2. The molecule has 4 nitrogen and oxygen atoms in total. The van der Waals surface area contributed by atoms with Gasteiger partial charge in [0.1, 0.15) is 0 Å². The third-order valence-corrected chi connectivity index (χ3v) is 12.8. The van der Waals surface area contributed by atoms with Crippen molar-refractivity contribution in [3.63, 3.8) is 0 Å². The number of hydrogen-bond acceptors (Lipinski definition) is 4. The molecular formula is C55H34N4S. The van der Waals surface area contributed by atoms with Gasteiger partial charge in [-0.3, -0.25) is 0 Å². The standard InChI is InChI=1S/C55H34N4S/c1-2-15-36(16-3-1)53-56-54(39-19-12-18-37(32-39)38-28-31-47-46-23-8-11-27-51(46)60-52(47)34-38)58-55(57-53)40-29-30-45(42-24-13-17-35-14-4-5-20-41(35)42)50(33-40)59-48-25-9-6-21-43(48)44-22-7-10-26-49(44)59/h1-34H. The Balaban J connectivity index is 1.06. The zero-order chi connectivity index (χ0) is 39.6. The lowest BCUT2D eigenvalue weighted by Crippen LogP contribution is -2.02. The summed E-state index contributed by atoms with van der Waals surface area (Å²) in [4.78, 5) is 15.6. The fourth-order valence-corrected chi connectivity index (χ4v) is 9.96. The van der Waals surface area contributed by atoms with E-state index in [0.29, 0.717) is 17.5 Å². The maximum absolute atomic E-state index is 5.28. The van der Waals surface area contributed by atoms with E-state index in [9.17, 15) is 0 Å². The third-order valence-electron chi connectivity index (χ3n) is 11.7. The van der Waals surface area contributed by atoms with E-state index in [1.807, 2.05) is 29.5 Å². The summed E-state index contributed by atoms with van der Waals surface area (Å²) < 4.78 is 4.98. The number of fused-ring (bicyclic) bond motifs is 7. The van der Waals surface area contributed by atoms with E-state index in [1.54, 1.807) is 0 Å². The highest BCUT2D eigenvalue weighted by Gasteiger charge is 2.20. The van der Waals surface area contributed by atoms with E-state index in [-0.39, 0.29) is 0 Å². The highest BCUT2D eigenvalue weighted by molar-refractivity contribution is 7.25. The van der Waals surface area contributed by atoms with Crippen LogP contribution in [0.15, 0.2) is 206 Å². The summed E-state index contributed by atoms with van der Waals surface area (Å²) in [6.07, 6.45) is 0. The molecule has 0 atom stereocenters. The normalized spacial score (nSPS) is 11.7. The van der Waals surface area contributed by atoms with Gasteiger partial charge in [0.2, 0.25) is 0 Å². The van der Waals surface area contributed by atoms with Crippen LogP contribution >= 0.6 is 11.3 Å². The van der Waals surface area contributed by atoms with Crippen LogP contribution in [0.2, 0.25) is 0 Å². The minimum Gasteiger partial charge on any atom is -0.309 e. The lowest BCUT2D eigenvalue weighted by atomic mass is 9.95. The van der Waals surface area contributed by atoms with Gasteiger partial charge >= 0.3 is 0 Å². The number of para-hydroxylation sites is 2. The Hall–Kier alpha value is -7.73. The van der Waals surface area contributed by atoms with Gasteiger partial charge in [0.05, 0.1) is 16.7 Å². The summed E-state index contributed by atoms with van der Waals surface area (Å²) in [6.45, 7) is 0. The molecule has 5 heteroatoms. The molecule has 0 saturated heterocycles. The SMILES string of the molecule is c1ccc(-c2nc(-c3cccc(-c4ccc5c(c4)sc4ccccc45)c3)nc(-c3ccc(-c4cccc5ccccc45)c(-n4c5ccccc5c5ccccc54)c3)n2)cc1. The van der Waals surface area contributed by atoms with E-state index < -0.39 is 0 Å². The number of hydrogen-bond donors (Lipinski definition) is 0. The Morgan fingerprint density at radius 2 is 0.850 bits per heavy atom. The molecule has 0 amide bonds. The highest BCUT2D eigenvalue weighted by atomic mass is 32.1. The van der Waals surface area contributed by atoms with E-state index in [2.05, 4.69) is 193 Å². The molecule has 0 fully saturated rings. The molecule has 0 saturated carbocycles. The third kappa shape index (κ3) is 5.70. The van der Waals surface area contributed by atoms with Gasteiger partial charge in [0.15, 0.2) is 17.5 Å². The van der Waals surface area contributed by atoms with Crippen LogP contribution < -0.4 is 0 Å². The first-order valence-electron chi connectivity index (χ1n) is 20.2. The lowest BCUT2D eigenvalue weighted by Gasteiger charge is -2.17. The molecule has 9 aromatic carbocycles. The van der Waals surface area contributed by atoms with Gasteiger partial charge in [-0.1, -0.05) is 170 Å². The molecule has 280 valence electrons. The largest absolute Gasteiger partial charge is 0.309 e. The summed E-state index contributed by atoms with van der Waals surface area (Å²) >= 11 is 1.84.